The molecule has 0 spiro atoms. The van der Waals surface area contributed by atoms with Gasteiger partial charge in [0.05, 0.1) is 19.7 Å². The van der Waals surface area contributed by atoms with E-state index in [1.54, 1.807) is 12.1 Å². The molecule has 1 aliphatic heterocycles. The van der Waals surface area contributed by atoms with E-state index in [1.165, 1.54) is 14.2 Å². The molecule has 4 N–H and O–H groups in total. The topological polar surface area (TPSA) is 120 Å². The third-order valence-corrected chi connectivity index (χ3v) is 4.29. The maximum atomic E-state index is 11.8. The van der Waals surface area contributed by atoms with Crippen molar-refractivity contribution < 1.29 is 19.4 Å². The number of carboxylic acid groups (broad SMARTS) is 1. The Kier molecular flexibility index (Phi) is 4.39. The maximum absolute atomic E-state index is 11.8. The Morgan fingerprint density at radius 2 is 2.04 bits per heavy atom. The zero-order chi connectivity index (χ0) is 17.3. The number of carbonyl (C=O) groups is 1. The Morgan fingerprint density at radius 1 is 1.33 bits per heavy atom. The van der Waals surface area contributed by atoms with Crippen molar-refractivity contribution in [2.75, 3.05) is 26.5 Å². The number of hydrogen-bond donors (Lipinski definition) is 3. The van der Waals surface area contributed by atoms with Crippen molar-refractivity contribution in [3.63, 3.8) is 0 Å². The Bertz CT molecular complexity index is 774. The largest absolute Gasteiger partial charge is 0.493 e. The number of benzene rings is 1. The van der Waals surface area contributed by atoms with Gasteiger partial charge in [-0.15, -0.1) is 0 Å². The normalized spacial score (nSPS) is 18.5. The highest BCUT2D eigenvalue weighted by atomic mass is 16.5. The molecule has 0 bridgehead atoms. The zero-order valence-electron chi connectivity index (χ0n) is 13.6. The number of aliphatic carboxylic acids is 1. The number of nitrogens with zero attached hydrogens (tertiary/aromatic N) is 2. The first-order valence-electron chi connectivity index (χ1n) is 7.70. The van der Waals surface area contributed by atoms with Crippen LogP contribution in [0.5, 0.6) is 11.5 Å². The highest BCUT2D eigenvalue weighted by molar-refractivity contribution is 5.91. The number of nitrogen functional groups attached to an aromatic ring is 1. The van der Waals surface area contributed by atoms with E-state index in [0.717, 1.165) is 19.4 Å². The van der Waals surface area contributed by atoms with Gasteiger partial charge in [-0.3, -0.25) is 4.79 Å². The van der Waals surface area contributed by atoms with Crippen molar-refractivity contribution in [3.8, 4) is 11.5 Å². The van der Waals surface area contributed by atoms with Gasteiger partial charge in [-0.05, 0) is 25.5 Å². The number of hydrogen-bond acceptors (Lipinski definition) is 7. The molecular formula is C16H20N4O4. The van der Waals surface area contributed by atoms with Crippen molar-refractivity contribution in [1.82, 2.24) is 15.3 Å². The van der Waals surface area contributed by atoms with Crippen molar-refractivity contribution in [2.24, 2.45) is 0 Å². The van der Waals surface area contributed by atoms with E-state index >= 15 is 0 Å². The van der Waals surface area contributed by atoms with Gasteiger partial charge in [0, 0.05) is 17.5 Å². The Hall–Kier alpha value is -2.61. The molecule has 1 saturated heterocycles. The average molecular weight is 332 g/mol. The van der Waals surface area contributed by atoms with Crippen molar-refractivity contribution in [1.29, 1.82) is 0 Å². The predicted molar refractivity (Wildman–Crippen MR) is 88.5 cm³/mol. The van der Waals surface area contributed by atoms with E-state index in [4.69, 9.17) is 15.2 Å². The molecule has 1 aromatic heterocycles. The molecule has 2 heterocycles. The van der Waals surface area contributed by atoms with Crippen molar-refractivity contribution >= 4 is 22.7 Å². The van der Waals surface area contributed by atoms with E-state index < -0.39 is 11.9 Å². The second-order valence-corrected chi connectivity index (χ2v) is 5.71. The van der Waals surface area contributed by atoms with Crippen LogP contribution in [0.4, 0.5) is 5.82 Å². The fourth-order valence-electron chi connectivity index (χ4n) is 3.10. The molecule has 1 fully saturated rings. The molecule has 128 valence electrons. The van der Waals surface area contributed by atoms with E-state index in [-0.39, 0.29) is 17.7 Å². The Morgan fingerprint density at radius 3 is 2.62 bits per heavy atom. The number of anilines is 1. The number of aromatic nitrogens is 2. The molecule has 24 heavy (non-hydrogen) atoms. The van der Waals surface area contributed by atoms with Gasteiger partial charge in [0.1, 0.15) is 17.6 Å². The molecule has 2 atom stereocenters. The molecule has 2 unspecified atom stereocenters. The van der Waals surface area contributed by atoms with E-state index in [1.807, 2.05) is 0 Å². The van der Waals surface area contributed by atoms with E-state index in [2.05, 4.69) is 15.3 Å². The highest BCUT2D eigenvalue weighted by Crippen LogP contribution is 2.34. The van der Waals surface area contributed by atoms with Gasteiger partial charge in [-0.25, -0.2) is 9.97 Å². The molecule has 0 aliphatic carbocycles. The van der Waals surface area contributed by atoms with Gasteiger partial charge in [0.2, 0.25) is 0 Å². The number of nitrogens with two attached hydrogens (primary N) is 1. The molecule has 0 saturated carbocycles. The number of nitrogens with one attached hydrogen (secondary N) is 1. The first-order valence-corrected chi connectivity index (χ1v) is 7.70. The SMILES string of the molecule is COc1cc2nc(C(C(=O)O)C3CCCN3)nc(N)c2cc1OC. The summed E-state index contributed by atoms with van der Waals surface area (Å²) < 4.78 is 10.5. The van der Waals surface area contributed by atoms with Crippen LogP contribution >= 0.6 is 0 Å². The minimum absolute atomic E-state index is 0.195. The summed E-state index contributed by atoms with van der Waals surface area (Å²) in [7, 11) is 3.05. The van der Waals surface area contributed by atoms with E-state index in [9.17, 15) is 9.90 Å². The van der Waals surface area contributed by atoms with Crippen LogP contribution in [0.3, 0.4) is 0 Å². The van der Waals surface area contributed by atoms with Crippen molar-refractivity contribution in [2.45, 2.75) is 24.8 Å². The van der Waals surface area contributed by atoms with Crippen LogP contribution in [-0.4, -0.2) is 47.8 Å². The van der Waals surface area contributed by atoms with Crippen LogP contribution in [0, 0.1) is 0 Å². The first kappa shape index (κ1) is 16.3. The highest BCUT2D eigenvalue weighted by Gasteiger charge is 2.34. The second kappa shape index (κ2) is 6.48. The van der Waals surface area contributed by atoms with Gasteiger partial charge in [-0.2, -0.15) is 0 Å². The van der Waals surface area contributed by atoms with Crippen LogP contribution in [0.2, 0.25) is 0 Å². The minimum Gasteiger partial charge on any atom is -0.493 e. The monoisotopic (exact) mass is 332 g/mol. The average Bonchev–Trinajstić information content (AvgIpc) is 3.07. The van der Waals surface area contributed by atoms with Crippen LogP contribution in [0.1, 0.15) is 24.6 Å². The number of fused-ring (bicyclic) bond motifs is 1. The summed E-state index contributed by atoms with van der Waals surface area (Å²) in [5, 5.41) is 13.4. The van der Waals surface area contributed by atoms with E-state index in [0.29, 0.717) is 22.4 Å². The number of carboxylic acids is 1. The molecule has 3 rings (SSSR count). The van der Waals surface area contributed by atoms with Crippen LogP contribution < -0.4 is 20.5 Å². The Labute approximate surface area is 139 Å². The predicted octanol–water partition coefficient (Wildman–Crippen LogP) is 1.15. The molecule has 8 heteroatoms. The molecule has 8 nitrogen and oxygen atoms in total. The molecule has 1 aliphatic rings. The molecular weight excluding hydrogens is 312 g/mol. The summed E-state index contributed by atoms with van der Waals surface area (Å²) in [5.41, 5.74) is 6.58. The van der Waals surface area contributed by atoms with Crippen molar-refractivity contribution in [3.05, 3.63) is 18.0 Å². The summed E-state index contributed by atoms with van der Waals surface area (Å²) in [4.78, 5) is 20.4. The summed E-state index contributed by atoms with van der Waals surface area (Å²) in [6.45, 7) is 0.794. The molecule has 2 aromatic rings. The van der Waals surface area contributed by atoms with Gasteiger partial charge in [-0.1, -0.05) is 0 Å². The third kappa shape index (κ3) is 2.80. The lowest BCUT2D eigenvalue weighted by molar-refractivity contribution is -0.139. The van der Waals surface area contributed by atoms with Gasteiger partial charge in [0.15, 0.2) is 11.5 Å². The number of rotatable bonds is 5. The maximum Gasteiger partial charge on any atom is 0.315 e. The lowest BCUT2D eigenvalue weighted by atomic mass is 9.97. The van der Waals surface area contributed by atoms with Crippen LogP contribution in [0.25, 0.3) is 10.9 Å². The van der Waals surface area contributed by atoms with Crippen LogP contribution in [0.15, 0.2) is 12.1 Å². The Balaban J connectivity index is 2.13. The fourth-order valence-corrected chi connectivity index (χ4v) is 3.10. The standard InChI is InChI=1S/C16H20N4O4/c1-23-11-6-8-10(7-12(11)24-2)19-15(20-14(8)17)13(16(21)22)9-4-3-5-18-9/h6-7,9,13,18H,3-5H2,1-2H3,(H,21,22)(H2,17,19,20). The fraction of sp³-hybridized carbons (Fsp3) is 0.438. The summed E-state index contributed by atoms with van der Waals surface area (Å²) in [6, 6.07) is 3.17. The van der Waals surface area contributed by atoms with Gasteiger partial charge in [0.25, 0.3) is 0 Å². The summed E-state index contributed by atoms with van der Waals surface area (Å²) in [5.74, 6) is -0.361. The number of methoxy groups -OCH3 is 2. The molecule has 0 amide bonds. The minimum atomic E-state index is -0.964. The summed E-state index contributed by atoms with van der Waals surface area (Å²) in [6.07, 6.45) is 1.70. The third-order valence-electron chi connectivity index (χ3n) is 4.29. The first-order chi connectivity index (χ1) is 11.5. The lowest BCUT2D eigenvalue weighted by Crippen LogP contribution is -2.35. The van der Waals surface area contributed by atoms with Gasteiger partial charge >= 0.3 is 5.97 Å². The zero-order valence-corrected chi connectivity index (χ0v) is 13.6. The van der Waals surface area contributed by atoms with Gasteiger partial charge < -0.3 is 25.6 Å². The smallest absolute Gasteiger partial charge is 0.315 e. The lowest BCUT2D eigenvalue weighted by Gasteiger charge is -2.19. The number of ether oxygens (including phenoxy) is 2. The molecule has 0 radical (unpaired) electrons. The second-order valence-electron chi connectivity index (χ2n) is 5.71. The molecule has 1 aromatic carbocycles. The van der Waals surface area contributed by atoms with Crippen LogP contribution in [-0.2, 0) is 4.79 Å². The summed E-state index contributed by atoms with van der Waals surface area (Å²) >= 11 is 0. The quantitative estimate of drug-likeness (QED) is 0.746.